The molecule has 3 rings (SSSR count). The number of halogens is 3. The molecule has 1 saturated heterocycles. The van der Waals surface area contributed by atoms with Crippen LogP contribution in [0.5, 0.6) is 0 Å². The van der Waals surface area contributed by atoms with Gasteiger partial charge < -0.3 is 4.90 Å². The monoisotopic (exact) mass is 381 g/mol. The van der Waals surface area contributed by atoms with Crippen LogP contribution >= 0.6 is 11.8 Å². The third kappa shape index (κ3) is 4.16. The van der Waals surface area contributed by atoms with Crippen molar-refractivity contribution in [1.82, 2.24) is 9.88 Å². The second kappa shape index (κ2) is 6.99. The zero-order valence-electron chi connectivity index (χ0n) is 13.7. The summed E-state index contributed by atoms with van der Waals surface area (Å²) in [5.41, 5.74) is -2.49. The van der Waals surface area contributed by atoms with Crippen LogP contribution in [0.25, 0.3) is 0 Å². The van der Waals surface area contributed by atoms with Crippen LogP contribution in [0.4, 0.5) is 23.7 Å². The second-order valence-electron chi connectivity index (χ2n) is 5.71. The molecule has 0 atom stereocenters. The first-order valence-electron chi connectivity index (χ1n) is 7.62. The van der Waals surface area contributed by atoms with Crippen LogP contribution in [0, 0.1) is 6.92 Å². The molecule has 2 aromatic rings. The van der Waals surface area contributed by atoms with Crippen molar-refractivity contribution in [3.63, 3.8) is 0 Å². The van der Waals surface area contributed by atoms with Crippen molar-refractivity contribution in [2.75, 3.05) is 11.4 Å². The summed E-state index contributed by atoms with van der Waals surface area (Å²) in [5.74, 6) is -0.419. The number of pyridine rings is 1. The number of anilines is 1. The summed E-state index contributed by atoms with van der Waals surface area (Å²) in [7, 11) is 0. The zero-order valence-corrected chi connectivity index (χ0v) is 14.5. The van der Waals surface area contributed by atoms with Crippen molar-refractivity contribution in [1.29, 1.82) is 0 Å². The lowest BCUT2D eigenvalue weighted by molar-refractivity contribution is -0.116. The van der Waals surface area contributed by atoms with Gasteiger partial charge in [0.2, 0.25) is 0 Å². The van der Waals surface area contributed by atoms with Crippen molar-refractivity contribution in [2.24, 2.45) is 0 Å². The molecule has 136 valence electrons. The maximum Gasteiger partial charge on any atom is 0.446 e. The molecule has 1 fully saturated rings. The summed E-state index contributed by atoms with van der Waals surface area (Å²) >= 11 is -0.247. The van der Waals surface area contributed by atoms with Crippen LogP contribution in [0.2, 0.25) is 0 Å². The predicted molar refractivity (Wildman–Crippen MR) is 90.6 cm³/mol. The van der Waals surface area contributed by atoms with Gasteiger partial charge in [0.1, 0.15) is 6.54 Å². The highest BCUT2D eigenvalue weighted by atomic mass is 32.2. The highest BCUT2D eigenvalue weighted by Crippen LogP contribution is 2.37. The Labute approximate surface area is 151 Å². The number of hydrogen-bond donors (Lipinski definition) is 0. The number of amides is 3. The van der Waals surface area contributed by atoms with E-state index in [0.717, 1.165) is 16.2 Å². The Morgan fingerprint density at radius 2 is 1.85 bits per heavy atom. The maximum absolute atomic E-state index is 12.5. The van der Waals surface area contributed by atoms with Gasteiger partial charge in [-0.1, -0.05) is 0 Å². The Hall–Kier alpha value is -2.55. The van der Waals surface area contributed by atoms with Gasteiger partial charge in [-0.2, -0.15) is 13.2 Å². The number of aromatic nitrogens is 1. The van der Waals surface area contributed by atoms with E-state index in [2.05, 4.69) is 4.98 Å². The van der Waals surface area contributed by atoms with Crippen molar-refractivity contribution < 1.29 is 22.8 Å². The highest BCUT2D eigenvalue weighted by molar-refractivity contribution is 8.00. The minimum atomic E-state index is -4.39. The first-order valence-corrected chi connectivity index (χ1v) is 8.44. The number of rotatable bonds is 4. The summed E-state index contributed by atoms with van der Waals surface area (Å²) in [6.07, 6.45) is 1.63. The van der Waals surface area contributed by atoms with E-state index in [1.165, 1.54) is 29.2 Å². The summed E-state index contributed by atoms with van der Waals surface area (Å²) < 4.78 is 37.2. The zero-order chi connectivity index (χ0) is 18.9. The first kappa shape index (κ1) is 18.2. The first-order chi connectivity index (χ1) is 12.2. The fourth-order valence-corrected chi connectivity index (χ4v) is 3.19. The van der Waals surface area contributed by atoms with Gasteiger partial charge in [-0.05, 0) is 60.6 Å². The summed E-state index contributed by atoms with van der Waals surface area (Å²) in [4.78, 5) is 31.2. The molecule has 3 amide bonds. The number of alkyl halides is 3. The minimum Gasteiger partial charge on any atom is -0.310 e. The quantitative estimate of drug-likeness (QED) is 0.594. The van der Waals surface area contributed by atoms with Crippen LogP contribution in [0.1, 0.15) is 11.3 Å². The molecule has 0 N–H and O–H groups in total. The SMILES string of the molecule is Cc1cc(CN2CC(=O)N(c3ccc(SC(F)(F)F)cc3)C2=O)ccn1. The molecule has 1 aliphatic rings. The van der Waals surface area contributed by atoms with Crippen molar-refractivity contribution in [3.8, 4) is 0 Å². The largest absolute Gasteiger partial charge is 0.446 e. The molecule has 0 unspecified atom stereocenters. The number of carbonyl (C=O) groups is 2. The summed E-state index contributed by atoms with van der Waals surface area (Å²) in [5, 5.41) is 0. The van der Waals surface area contributed by atoms with Gasteiger partial charge in [-0.25, -0.2) is 9.69 Å². The van der Waals surface area contributed by atoms with E-state index < -0.39 is 17.4 Å². The molecule has 0 radical (unpaired) electrons. The summed E-state index contributed by atoms with van der Waals surface area (Å²) in [6, 6.07) is 8.24. The van der Waals surface area contributed by atoms with E-state index >= 15 is 0 Å². The molecule has 0 aliphatic carbocycles. The molecule has 5 nitrogen and oxygen atoms in total. The van der Waals surface area contributed by atoms with Crippen LogP contribution < -0.4 is 4.90 Å². The molecular formula is C17H14F3N3O2S. The minimum absolute atomic E-state index is 0.00976. The molecule has 26 heavy (non-hydrogen) atoms. The van der Waals surface area contributed by atoms with Crippen molar-refractivity contribution in [2.45, 2.75) is 23.9 Å². The fourth-order valence-electron chi connectivity index (χ4n) is 2.65. The van der Waals surface area contributed by atoms with Gasteiger partial charge in [0.05, 0.1) is 5.69 Å². The van der Waals surface area contributed by atoms with Gasteiger partial charge in [-0.3, -0.25) is 9.78 Å². The number of aryl methyl sites for hydroxylation is 1. The van der Waals surface area contributed by atoms with Crippen LogP contribution in [0.15, 0.2) is 47.5 Å². The Kier molecular flexibility index (Phi) is 4.90. The smallest absolute Gasteiger partial charge is 0.310 e. The van der Waals surface area contributed by atoms with Gasteiger partial charge in [0.25, 0.3) is 5.91 Å². The molecular weight excluding hydrogens is 367 g/mol. The van der Waals surface area contributed by atoms with Gasteiger partial charge in [-0.15, -0.1) is 0 Å². The molecule has 2 heterocycles. The van der Waals surface area contributed by atoms with Crippen LogP contribution in [-0.4, -0.2) is 33.9 Å². The van der Waals surface area contributed by atoms with Crippen LogP contribution in [0.3, 0.4) is 0 Å². The topological polar surface area (TPSA) is 53.5 Å². The maximum atomic E-state index is 12.5. The Bertz CT molecular complexity index is 840. The standard InChI is InChI=1S/C17H14F3N3O2S/c1-11-8-12(6-7-21-11)9-22-10-15(24)23(16(22)25)13-2-4-14(5-3-13)26-17(18,19)20/h2-8H,9-10H2,1H3. The molecule has 0 saturated carbocycles. The van der Waals surface area contributed by atoms with E-state index in [1.54, 1.807) is 12.3 Å². The average Bonchev–Trinajstić information content (AvgIpc) is 2.81. The third-order valence-corrected chi connectivity index (χ3v) is 4.44. The van der Waals surface area contributed by atoms with E-state index in [9.17, 15) is 22.8 Å². The lowest BCUT2D eigenvalue weighted by atomic mass is 10.2. The van der Waals surface area contributed by atoms with E-state index in [0.29, 0.717) is 0 Å². The molecule has 0 spiro atoms. The molecule has 1 aromatic carbocycles. The molecule has 0 bridgehead atoms. The number of hydrogen-bond acceptors (Lipinski definition) is 4. The number of urea groups is 1. The number of carbonyl (C=O) groups excluding carboxylic acids is 2. The second-order valence-corrected chi connectivity index (χ2v) is 6.85. The Balaban J connectivity index is 1.74. The third-order valence-electron chi connectivity index (χ3n) is 3.70. The highest BCUT2D eigenvalue weighted by Gasteiger charge is 2.37. The van der Waals surface area contributed by atoms with E-state index in [1.807, 2.05) is 13.0 Å². The number of thioether (sulfide) groups is 1. The number of nitrogens with zero attached hydrogens (tertiary/aromatic N) is 3. The predicted octanol–water partition coefficient (Wildman–Crippen LogP) is 3.97. The number of imide groups is 1. The molecule has 9 heteroatoms. The van der Waals surface area contributed by atoms with Gasteiger partial charge >= 0.3 is 11.5 Å². The molecule has 1 aliphatic heterocycles. The van der Waals surface area contributed by atoms with Gasteiger partial charge in [0.15, 0.2) is 0 Å². The van der Waals surface area contributed by atoms with E-state index in [-0.39, 0.29) is 35.4 Å². The van der Waals surface area contributed by atoms with Crippen LogP contribution in [-0.2, 0) is 11.3 Å². The van der Waals surface area contributed by atoms with E-state index in [4.69, 9.17) is 0 Å². The van der Waals surface area contributed by atoms with Crippen molar-refractivity contribution >= 4 is 29.4 Å². The lowest BCUT2D eigenvalue weighted by Crippen LogP contribution is -2.32. The fraction of sp³-hybridized carbons (Fsp3) is 0.235. The van der Waals surface area contributed by atoms with Gasteiger partial charge in [0, 0.05) is 23.3 Å². The molecule has 1 aromatic heterocycles. The average molecular weight is 381 g/mol. The Morgan fingerprint density at radius 3 is 2.46 bits per heavy atom. The normalized spacial score (nSPS) is 15.1. The van der Waals surface area contributed by atoms with Crippen molar-refractivity contribution in [3.05, 3.63) is 53.9 Å². The number of benzene rings is 1. The summed E-state index contributed by atoms with van der Waals surface area (Å²) in [6.45, 7) is 2.00. The Morgan fingerprint density at radius 1 is 1.15 bits per heavy atom. The lowest BCUT2D eigenvalue weighted by Gasteiger charge is -2.17.